The third kappa shape index (κ3) is 4.62. The minimum atomic E-state index is -4.42. The molecule has 0 unspecified atom stereocenters. The molecule has 0 aliphatic heterocycles. The largest absolute Gasteiger partial charge is 0.416 e. The maximum absolute atomic E-state index is 12.7. The van der Waals surface area contributed by atoms with E-state index >= 15 is 0 Å². The molecular formula is C19H19F3N4O3S. The number of alkyl halides is 3. The molecule has 0 atom stereocenters. The van der Waals surface area contributed by atoms with Crippen molar-refractivity contribution in [2.45, 2.75) is 24.5 Å². The minimum Gasteiger partial charge on any atom is -0.376 e. The van der Waals surface area contributed by atoms with Crippen LogP contribution in [0.2, 0.25) is 0 Å². The lowest BCUT2D eigenvalue weighted by Crippen LogP contribution is -2.22. The van der Waals surface area contributed by atoms with E-state index in [-0.39, 0.29) is 23.2 Å². The fraction of sp³-hybridized carbons (Fsp3) is 0.263. The Balaban J connectivity index is 1.75. The number of anilines is 1. The van der Waals surface area contributed by atoms with Gasteiger partial charge < -0.3 is 9.84 Å². The topological polar surface area (TPSA) is 88.3 Å². The van der Waals surface area contributed by atoms with Crippen LogP contribution in [-0.2, 0) is 22.7 Å². The van der Waals surface area contributed by atoms with Crippen LogP contribution in [0.15, 0.2) is 51.9 Å². The van der Waals surface area contributed by atoms with E-state index in [9.17, 15) is 21.6 Å². The van der Waals surface area contributed by atoms with Crippen LogP contribution in [0.4, 0.5) is 18.9 Å². The van der Waals surface area contributed by atoms with Crippen molar-refractivity contribution in [2.24, 2.45) is 0 Å². The molecule has 2 aromatic carbocycles. The van der Waals surface area contributed by atoms with Gasteiger partial charge in [-0.05, 0) is 36.8 Å². The average molecular weight is 440 g/mol. The number of hydrogen-bond acceptors (Lipinski definition) is 6. The van der Waals surface area contributed by atoms with Crippen molar-refractivity contribution in [3.63, 3.8) is 0 Å². The Kier molecular flexibility index (Phi) is 5.86. The zero-order valence-electron chi connectivity index (χ0n) is 16.4. The molecule has 160 valence electrons. The number of sulfonamides is 1. The zero-order valence-corrected chi connectivity index (χ0v) is 17.2. The fourth-order valence-electron chi connectivity index (χ4n) is 2.59. The first-order chi connectivity index (χ1) is 14.0. The molecule has 7 nitrogen and oxygen atoms in total. The number of aromatic nitrogens is 2. The summed E-state index contributed by atoms with van der Waals surface area (Å²) in [7, 11) is -0.687. The molecule has 3 rings (SSSR count). The third-order valence-corrected chi connectivity index (χ3v) is 6.17. The second-order valence-electron chi connectivity index (χ2n) is 6.70. The van der Waals surface area contributed by atoms with E-state index < -0.39 is 21.8 Å². The van der Waals surface area contributed by atoms with Crippen LogP contribution in [-0.4, -0.2) is 37.0 Å². The Labute approximate surface area is 171 Å². The van der Waals surface area contributed by atoms with Crippen molar-refractivity contribution >= 4 is 15.7 Å². The Morgan fingerprint density at radius 2 is 1.77 bits per heavy atom. The van der Waals surface area contributed by atoms with E-state index in [0.717, 1.165) is 22.0 Å². The first kappa shape index (κ1) is 21.8. The van der Waals surface area contributed by atoms with Gasteiger partial charge in [-0.1, -0.05) is 23.4 Å². The molecular weight excluding hydrogens is 421 g/mol. The Morgan fingerprint density at radius 1 is 1.10 bits per heavy atom. The smallest absolute Gasteiger partial charge is 0.376 e. The molecule has 11 heteroatoms. The van der Waals surface area contributed by atoms with Crippen LogP contribution in [0.3, 0.4) is 0 Å². The van der Waals surface area contributed by atoms with Crippen LogP contribution < -0.4 is 5.32 Å². The van der Waals surface area contributed by atoms with Crippen LogP contribution >= 0.6 is 0 Å². The lowest BCUT2D eigenvalue weighted by molar-refractivity contribution is -0.137. The zero-order chi connectivity index (χ0) is 22.1. The predicted molar refractivity (Wildman–Crippen MR) is 104 cm³/mol. The van der Waals surface area contributed by atoms with Crippen molar-refractivity contribution in [1.82, 2.24) is 14.4 Å². The van der Waals surface area contributed by atoms with E-state index in [1.54, 1.807) is 6.07 Å². The van der Waals surface area contributed by atoms with Crippen molar-refractivity contribution in [3.8, 4) is 11.4 Å². The highest BCUT2D eigenvalue weighted by Crippen LogP contribution is 2.30. The van der Waals surface area contributed by atoms with Gasteiger partial charge in [-0.2, -0.15) is 18.2 Å². The van der Waals surface area contributed by atoms with Gasteiger partial charge in [0, 0.05) is 25.3 Å². The first-order valence-corrected chi connectivity index (χ1v) is 10.2. The summed E-state index contributed by atoms with van der Waals surface area (Å²) in [5.41, 5.74) is 1.01. The summed E-state index contributed by atoms with van der Waals surface area (Å²) >= 11 is 0. The van der Waals surface area contributed by atoms with Gasteiger partial charge in [0.15, 0.2) is 0 Å². The van der Waals surface area contributed by atoms with Gasteiger partial charge in [0.25, 0.3) is 0 Å². The highest BCUT2D eigenvalue weighted by Gasteiger charge is 2.30. The van der Waals surface area contributed by atoms with Crippen molar-refractivity contribution in [3.05, 3.63) is 59.5 Å². The molecule has 0 aliphatic rings. The molecule has 3 aromatic rings. The van der Waals surface area contributed by atoms with Crippen LogP contribution in [0, 0.1) is 6.92 Å². The number of halogens is 3. The van der Waals surface area contributed by atoms with Crippen molar-refractivity contribution in [2.75, 3.05) is 19.4 Å². The lowest BCUT2D eigenvalue weighted by atomic mass is 10.1. The van der Waals surface area contributed by atoms with E-state index in [0.29, 0.717) is 11.3 Å². The molecule has 0 bridgehead atoms. The highest BCUT2D eigenvalue weighted by molar-refractivity contribution is 7.89. The van der Waals surface area contributed by atoms with Crippen LogP contribution in [0.25, 0.3) is 11.4 Å². The van der Waals surface area contributed by atoms with Gasteiger partial charge in [-0.25, -0.2) is 12.7 Å². The summed E-state index contributed by atoms with van der Waals surface area (Å²) in [6, 6.07) is 9.14. The summed E-state index contributed by atoms with van der Waals surface area (Å²) in [6.45, 7) is 1.93. The average Bonchev–Trinajstić information content (AvgIpc) is 3.15. The number of benzene rings is 2. The maximum atomic E-state index is 12.7. The van der Waals surface area contributed by atoms with Crippen LogP contribution in [0.1, 0.15) is 17.0 Å². The number of nitrogens with zero attached hydrogens (tertiary/aromatic N) is 3. The fourth-order valence-corrected chi connectivity index (χ4v) is 3.51. The summed E-state index contributed by atoms with van der Waals surface area (Å²) in [6.07, 6.45) is -4.42. The van der Waals surface area contributed by atoms with Gasteiger partial charge in [-0.15, -0.1) is 0 Å². The standard InChI is InChI=1S/C19H19F3N4O3S/c1-12-4-9-15(30(27,28)26(2)3)10-16(12)23-11-17-24-18(25-29-17)13-5-7-14(8-6-13)19(20,21)22/h4-10,23H,11H2,1-3H3. The Hall–Kier alpha value is -2.92. The normalized spacial score (nSPS) is 12.4. The minimum absolute atomic E-state index is 0.111. The summed E-state index contributed by atoms with van der Waals surface area (Å²) in [5.74, 6) is 0.353. The van der Waals surface area contributed by atoms with Crippen LogP contribution in [0.5, 0.6) is 0 Å². The number of nitrogens with one attached hydrogen (secondary N) is 1. The molecule has 0 radical (unpaired) electrons. The first-order valence-electron chi connectivity index (χ1n) is 8.76. The van der Waals surface area contributed by atoms with E-state index in [1.807, 2.05) is 6.92 Å². The second kappa shape index (κ2) is 8.07. The van der Waals surface area contributed by atoms with E-state index in [1.165, 1.54) is 38.4 Å². The lowest BCUT2D eigenvalue weighted by Gasteiger charge is -2.14. The number of rotatable bonds is 6. The van der Waals surface area contributed by atoms with E-state index in [2.05, 4.69) is 15.5 Å². The second-order valence-corrected chi connectivity index (χ2v) is 8.86. The molecule has 0 amide bonds. The number of hydrogen-bond donors (Lipinski definition) is 1. The molecule has 30 heavy (non-hydrogen) atoms. The molecule has 1 heterocycles. The molecule has 0 spiro atoms. The predicted octanol–water partition coefficient (Wildman–Crippen LogP) is 3.93. The van der Waals surface area contributed by atoms with E-state index in [4.69, 9.17) is 4.52 Å². The van der Waals surface area contributed by atoms with Gasteiger partial charge >= 0.3 is 6.18 Å². The molecule has 1 aromatic heterocycles. The quantitative estimate of drug-likeness (QED) is 0.625. The molecule has 0 aliphatic carbocycles. The van der Waals surface area contributed by atoms with Gasteiger partial charge in [0.1, 0.15) is 0 Å². The van der Waals surface area contributed by atoms with Gasteiger partial charge in [-0.3, -0.25) is 0 Å². The molecule has 0 fully saturated rings. The third-order valence-electron chi connectivity index (χ3n) is 4.36. The summed E-state index contributed by atoms with van der Waals surface area (Å²) < 4.78 is 68.9. The highest BCUT2D eigenvalue weighted by atomic mass is 32.2. The monoisotopic (exact) mass is 440 g/mol. The SMILES string of the molecule is Cc1ccc(S(=O)(=O)N(C)C)cc1NCc1nc(-c2ccc(C(F)(F)F)cc2)no1. The molecule has 1 N–H and O–H groups in total. The van der Waals surface area contributed by atoms with Gasteiger partial charge in [0.2, 0.25) is 21.7 Å². The van der Waals surface area contributed by atoms with Crippen molar-refractivity contribution in [1.29, 1.82) is 0 Å². The summed E-state index contributed by atoms with van der Waals surface area (Å²) in [4.78, 5) is 4.30. The molecule has 0 saturated carbocycles. The Morgan fingerprint density at radius 3 is 2.37 bits per heavy atom. The van der Waals surface area contributed by atoms with Crippen molar-refractivity contribution < 1.29 is 26.1 Å². The Bertz CT molecular complexity index is 1140. The maximum Gasteiger partial charge on any atom is 0.416 e. The molecule has 0 saturated heterocycles. The summed E-state index contributed by atoms with van der Waals surface area (Å²) in [5, 5.41) is 6.83. The number of aryl methyl sites for hydroxylation is 1. The van der Waals surface area contributed by atoms with Gasteiger partial charge in [0.05, 0.1) is 17.0 Å².